The highest BCUT2D eigenvalue weighted by molar-refractivity contribution is 6.29. The van der Waals surface area contributed by atoms with Crippen LogP contribution in [0.2, 0.25) is 5.15 Å². The fourth-order valence-electron chi connectivity index (χ4n) is 0.854. The fourth-order valence-corrected chi connectivity index (χ4v) is 1.04. The summed E-state index contributed by atoms with van der Waals surface area (Å²) in [6.45, 7) is 0. The molecule has 1 rings (SSSR count). The zero-order chi connectivity index (χ0) is 9.84. The lowest BCUT2D eigenvalue weighted by atomic mass is 10.1. The van der Waals surface area contributed by atoms with Crippen molar-refractivity contribution >= 4 is 11.6 Å². The lowest BCUT2D eigenvalue weighted by Gasteiger charge is -2.11. The molecule has 4 nitrogen and oxygen atoms in total. The van der Waals surface area contributed by atoms with Crippen molar-refractivity contribution in [2.75, 3.05) is 0 Å². The van der Waals surface area contributed by atoms with Crippen molar-refractivity contribution in [3.63, 3.8) is 0 Å². The third-order valence-electron chi connectivity index (χ3n) is 1.52. The molecule has 0 aliphatic heterocycles. The number of aliphatic hydroxyl groups is 2. The Kier molecular flexibility index (Phi) is 3.20. The number of rotatable bonds is 2. The molecule has 0 aromatic carbocycles. The van der Waals surface area contributed by atoms with Gasteiger partial charge in [-0.3, -0.25) is 0 Å². The van der Waals surface area contributed by atoms with Crippen LogP contribution in [0.3, 0.4) is 0 Å². The maximum atomic E-state index is 9.35. The Hall–Kier alpha value is -1.15. The van der Waals surface area contributed by atoms with Gasteiger partial charge in [-0.1, -0.05) is 11.6 Å². The van der Waals surface area contributed by atoms with Gasteiger partial charge in [0, 0.05) is 6.20 Å². The highest BCUT2D eigenvalue weighted by atomic mass is 35.5. The predicted molar refractivity (Wildman–Crippen MR) is 45.8 cm³/mol. The van der Waals surface area contributed by atoms with Gasteiger partial charge in [0.05, 0.1) is 6.07 Å². The van der Waals surface area contributed by atoms with Crippen LogP contribution in [-0.2, 0) is 0 Å². The Morgan fingerprint density at radius 1 is 1.54 bits per heavy atom. The first kappa shape index (κ1) is 9.93. The van der Waals surface area contributed by atoms with Crippen molar-refractivity contribution in [3.8, 4) is 6.07 Å². The molecule has 1 aromatic heterocycles. The van der Waals surface area contributed by atoms with Gasteiger partial charge in [0.15, 0.2) is 6.10 Å². The summed E-state index contributed by atoms with van der Waals surface area (Å²) in [7, 11) is 0. The minimum absolute atomic E-state index is 0.210. The summed E-state index contributed by atoms with van der Waals surface area (Å²) < 4.78 is 0. The number of nitrogens with zero attached hydrogens (tertiary/aromatic N) is 2. The van der Waals surface area contributed by atoms with Gasteiger partial charge >= 0.3 is 0 Å². The van der Waals surface area contributed by atoms with Crippen molar-refractivity contribution in [1.29, 1.82) is 5.26 Å². The van der Waals surface area contributed by atoms with E-state index < -0.39 is 12.2 Å². The van der Waals surface area contributed by atoms with Crippen LogP contribution in [0.5, 0.6) is 0 Å². The molecule has 13 heavy (non-hydrogen) atoms. The van der Waals surface area contributed by atoms with Crippen LogP contribution in [0.4, 0.5) is 0 Å². The minimum atomic E-state index is -1.45. The second-order valence-corrected chi connectivity index (χ2v) is 2.82. The maximum absolute atomic E-state index is 9.35. The largest absolute Gasteiger partial charge is 0.385 e. The van der Waals surface area contributed by atoms with Crippen LogP contribution >= 0.6 is 11.6 Å². The van der Waals surface area contributed by atoms with E-state index in [0.717, 1.165) is 0 Å². The monoisotopic (exact) mass is 198 g/mol. The number of hydrogen-bond acceptors (Lipinski definition) is 4. The number of nitriles is 1. The van der Waals surface area contributed by atoms with Crippen LogP contribution in [0.25, 0.3) is 0 Å². The van der Waals surface area contributed by atoms with Crippen LogP contribution < -0.4 is 0 Å². The lowest BCUT2D eigenvalue weighted by molar-refractivity contribution is 0.0527. The van der Waals surface area contributed by atoms with Crippen LogP contribution in [-0.4, -0.2) is 21.3 Å². The molecule has 0 fully saturated rings. The molecule has 0 aliphatic rings. The molecule has 2 unspecified atom stereocenters. The molecule has 2 atom stereocenters. The molecular weight excluding hydrogens is 192 g/mol. The Balaban J connectivity index is 2.90. The Labute approximate surface area is 80.0 Å². The molecule has 0 spiro atoms. The summed E-state index contributed by atoms with van der Waals surface area (Å²) in [6.07, 6.45) is -1.30. The first-order valence-electron chi connectivity index (χ1n) is 3.52. The van der Waals surface area contributed by atoms with Gasteiger partial charge in [0.1, 0.15) is 11.3 Å². The molecule has 0 radical (unpaired) electrons. The van der Waals surface area contributed by atoms with E-state index in [2.05, 4.69) is 4.98 Å². The van der Waals surface area contributed by atoms with E-state index >= 15 is 0 Å². The summed E-state index contributed by atoms with van der Waals surface area (Å²) in [5.74, 6) is 0. The van der Waals surface area contributed by atoms with E-state index in [4.69, 9.17) is 22.0 Å². The first-order chi connectivity index (χ1) is 6.15. The van der Waals surface area contributed by atoms with Crippen LogP contribution in [0, 0.1) is 11.3 Å². The number of halogens is 1. The normalized spacial score (nSPS) is 14.6. The molecule has 0 saturated heterocycles. The zero-order valence-electron chi connectivity index (χ0n) is 6.55. The molecule has 68 valence electrons. The van der Waals surface area contributed by atoms with E-state index in [9.17, 15) is 5.11 Å². The average molecular weight is 199 g/mol. The summed E-state index contributed by atoms with van der Waals surface area (Å²) in [6, 6.07) is 4.40. The number of pyridine rings is 1. The summed E-state index contributed by atoms with van der Waals surface area (Å²) in [5.41, 5.74) is 0.369. The average Bonchev–Trinajstić information content (AvgIpc) is 2.15. The van der Waals surface area contributed by atoms with Crippen molar-refractivity contribution in [3.05, 3.63) is 29.0 Å². The minimum Gasteiger partial charge on any atom is -0.385 e. The van der Waals surface area contributed by atoms with Crippen molar-refractivity contribution in [2.45, 2.75) is 12.2 Å². The molecule has 0 aliphatic carbocycles. The van der Waals surface area contributed by atoms with Crippen LogP contribution in [0.15, 0.2) is 18.3 Å². The molecule has 5 heteroatoms. The number of hydrogen-bond donors (Lipinski definition) is 2. The van der Waals surface area contributed by atoms with Crippen molar-refractivity contribution < 1.29 is 10.2 Å². The topological polar surface area (TPSA) is 77.1 Å². The summed E-state index contributed by atoms with van der Waals surface area (Å²) in [4.78, 5) is 3.70. The van der Waals surface area contributed by atoms with E-state index in [-0.39, 0.29) is 5.15 Å². The first-order valence-corrected chi connectivity index (χ1v) is 3.90. The molecule has 2 N–H and O–H groups in total. The quantitative estimate of drug-likeness (QED) is 0.541. The Bertz CT molecular complexity index is 337. The predicted octanol–water partition coefficient (Wildman–Crippen LogP) is 0.653. The Morgan fingerprint density at radius 3 is 2.77 bits per heavy atom. The molecule has 0 bridgehead atoms. The van der Waals surface area contributed by atoms with Crippen LogP contribution in [0.1, 0.15) is 11.7 Å². The van der Waals surface area contributed by atoms with E-state index in [1.165, 1.54) is 24.4 Å². The maximum Gasteiger partial charge on any atom is 0.170 e. The summed E-state index contributed by atoms with van der Waals surface area (Å²) in [5, 5.41) is 26.9. The lowest BCUT2D eigenvalue weighted by Crippen LogP contribution is -2.15. The van der Waals surface area contributed by atoms with E-state index in [0.29, 0.717) is 5.56 Å². The standard InChI is InChI=1S/C8H7ClN2O2/c9-7-3-5(1-2-11-7)8(13)6(12)4-10/h1-3,6,8,12-13H. The molecule has 1 heterocycles. The second-order valence-electron chi connectivity index (χ2n) is 2.43. The third kappa shape index (κ3) is 2.39. The van der Waals surface area contributed by atoms with Gasteiger partial charge in [0.25, 0.3) is 0 Å². The van der Waals surface area contributed by atoms with Crippen molar-refractivity contribution in [2.24, 2.45) is 0 Å². The SMILES string of the molecule is N#CC(O)C(O)c1ccnc(Cl)c1. The van der Waals surface area contributed by atoms with Gasteiger partial charge in [0.2, 0.25) is 0 Å². The molecule has 0 saturated carbocycles. The van der Waals surface area contributed by atoms with Crippen molar-refractivity contribution in [1.82, 2.24) is 4.98 Å². The number of aromatic nitrogens is 1. The fraction of sp³-hybridized carbons (Fsp3) is 0.250. The highest BCUT2D eigenvalue weighted by Gasteiger charge is 2.17. The van der Waals surface area contributed by atoms with E-state index in [1.807, 2.05) is 0 Å². The Morgan fingerprint density at radius 2 is 2.23 bits per heavy atom. The van der Waals surface area contributed by atoms with Gasteiger partial charge in [-0.05, 0) is 17.7 Å². The summed E-state index contributed by atoms with van der Waals surface area (Å²) >= 11 is 5.55. The van der Waals surface area contributed by atoms with Gasteiger partial charge < -0.3 is 10.2 Å². The number of aliphatic hydroxyl groups excluding tert-OH is 2. The van der Waals surface area contributed by atoms with Gasteiger partial charge in [-0.25, -0.2) is 4.98 Å². The third-order valence-corrected chi connectivity index (χ3v) is 1.73. The smallest absolute Gasteiger partial charge is 0.170 e. The van der Waals surface area contributed by atoms with Gasteiger partial charge in [-0.15, -0.1) is 0 Å². The highest BCUT2D eigenvalue weighted by Crippen LogP contribution is 2.18. The molecule has 1 aromatic rings. The second kappa shape index (κ2) is 4.19. The molecular formula is C8H7ClN2O2. The molecule has 0 amide bonds. The van der Waals surface area contributed by atoms with E-state index in [1.54, 1.807) is 0 Å². The zero-order valence-corrected chi connectivity index (χ0v) is 7.31. The van der Waals surface area contributed by atoms with Gasteiger partial charge in [-0.2, -0.15) is 5.26 Å².